The normalized spacial score (nSPS) is 16.3. The molecule has 1 aliphatic rings. The number of nitrogens with two attached hydrogens (primary N) is 2. The molecule has 0 amide bonds. The second-order valence-electron chi connectivity index (χ2n) is 8.20. The van der Waals surface area contributed by atoms with Crippen molar-refractivity contribution >= 4 is 34.0 Å². The standard InChI is InChI=1S/C23H32ClN3O4S.ClH/c1-16-12-19-20(14-27(2)15-21(19)22(24)13-16)17-4-3-5-23(32(26,28)29)18(17)6-8-30-10-11-31-9-7-25;/h3-5,12-13,20H,6-11,14-15,25H2,1-2H3,(H2,26,28,29);1H. The van der Waals surface area contributed by atoms with Gasteiger partial charge in [0.2, 0.25) is 10.0 Å². The molecule has 0 aromatic heterocycles. The van der Waals surface area contributed by atoms with Crippen molar-refractivity contribution in [1.82, 2.24) is 4.90 Å². The smallest absolute Gasteiger partial charge is 0.238 e. The molecule has 0 bridgehead atoms. The number of sulfonamides is 1. The third kappa shape index (κ3) is 7.13. The summed E-state index contributed by atoms with van der Waals surface area (Å²) in [5.74, 6) is -0.0225. The van der Waals surface area contributed by atoms with Crippen molar-refractivity contribution in [2.45, 2.75) is 30.7 Å². The number of hydrogen-bond donors (Lipinski definition) is 2. The second kappa shape index (κ2) is 12.5. The van der Waals surface area contributed by atoms with Crippen molar-refractivity contribution in [3.8, 4) is 0 Å². The van der Waals surface area contributed by atoms with Crippen LogP contribution in [0.3, 0.4) is 0 Å². The van der Waals surface area contributed by atoms with Crippen LogP contribution in [0, 0.1) is 6.92 Å². The van der Waals surface area contributed by atoms with Crippen LogP contribution in [-0.2, 0) is 32.5 Å². The Morgan fingerprint density at radius 2 is 1.82 bits per heavy atom. The molecular weight excluding hydrogens is 485 g/mol. The summed E-state index contributed by atoms with van der Waals surface area (Å²) in [6, 6.07) is 9.43. The SMILES string of the molecule is Cc1cc(Cl)c2c(c1)C(c1cccc(S(N)(=O)=O)c1CCOCCOCCN)CN(C)C2.Cl. The maximum absolute atomic E-state index is 12.4. The number of primary sulfonamides is 1. The first-order chi connectivity index (χ1) is 15.2. The third-order valence-corrected chi connectivity index (χ3v) is 6.99. The lowest BCUT2D eigenvalue weighted by Gasteiger charge is -2.35. The molecule has 1 unspecified atom stereocenters. The summed E-state index contributed by atoms with van der Waals surface area (Å²) >= 11 is 6.58. The number of nitrogens with zero attached hydrogens (tertiary/aromatic N) is 1. The predicted octanol–water partition coefficient (Wildman–Crippen LogP) is 2.83. The fourth-order valence-corrected chi connectivity index (χ4v) is 5.48. The summed E-state index contributed by atoms with van der Waals surface area (Å²) in [5.41, 5.74) is 10.3. The van der Waals surface area contributed by atoms with Gasteiger partial charge in [-0.1, -0.05) is 29.8 Å². The summed E-state index contributed by atoms with van der Waals surface area (Å²) in [4.78, 5) is 2.35. The summed E-state index contributed by atoms with van der Waals surface area (Å²) in [6.45, 7) is 5.68. The summed E-state index contributed by atoms with van der Waals surface area (Å²) < 4.78 is 35.8. The van der Waals surface area contributed by atoms with Crippen LogP contribution < -0.4 is 10.9 Å². The molecule has 10 heteroatoms. The molecule has 0 fully saturated rings. The average Bonchev–Trinajstić information content (AvgIpc) is 2.72. The Morgan fingerprint density at radius 3 is 2.48 bits per heavy atom. The predicted molar refractivity (Wildman–Crippen MR) is 134 cm³/mol. The van der Waals surface area contributed by atoms with Gasteiger partial charge in [0.05, 0.1) is 31.3 Å². The van der Waals surface area contributed by atoms with Gasteiger partial charge in [-0.15, -0.1) is 12.4 Å². The molecule has 1 heterocycles. The topological polar surface area (TPSA) is 108 Å². The van der Waals surface area contributed by atoms with E-state index in [4.69, 9.17) is 31.9 Å². The lowest BCUT2D eigenvalue weighted by molar-refractivity contribution is 0.0517. The highest BCUT2D eigenvalue weighted by Crippen LogP contribution is 2.39. The molecule has 2 aromatic carbocycles. The summed E-state index contributed by atoms with van der Waals surface area (Å²) in [7, 11) is -1.85. The number of hydrogen-bond acceptors (Lipinski definition) is 6. The van der Waals surface area contributed by atoms with Crippen molar-refractivity contribution in [3.63, 3.8) is 0 Å². The lowest BCUT2D eigenvalue weighted by atomic mass is 9.81. The first kappa shape index (κ1) is 28.0. The number of aryl methyl sites for hydroxylation is 1. The van der Waals surface area contributed by atoms with Crippen molar-refractivity contribution in [1.29, 1.82) is 0 Å². The van der Waals surface area contributed by atoms with Crippen LogP contribution in [0.5, 0.6) is 0 Å². The van der Waals surface area contributed by atoms with Crippen molar-refractivity contribution < 1.29 is 17.9 Å². The third-order valence-electron chi connectivity index (χ3n) is 5.65. The van der Waals surface area contributed by atoms with Gasteiger partial charge in [0.25, 0.3) is 0 Å². The van der Waals surface area contributed by atoms with E-state index in [-0.39, 0.29) is 23.2 Å². The Hall–Kier alpha value is -1.23. The van der Waals surface area contributed by atoms with Crippen molar-refractivity contribution in [2.24, 2.45) is 10.9 Å². The monoisotopic (exact) mass is 517 g/mol. The minimum absolute atomic E-state index is 0. The Balaban J connectivity index is 0.00000385. The van der Waals surface area contributed by atoms with Gasteiger partial charge in [-0.05, 0) is 60.3 Å². The van der Waals surface area contributed by atoms with Crippen LogP contribution >= 0.6 is 24.0 Å². The molecule has 0 saturated heterocycles. The number of fused-ring (bicyclic) bond motifs is 1. The molecule has 2 aromatic rings. The molecule has 1 aliphatic heterocycles. The quantitative estimate of drug-likeness (QED) is 0.469. The fourth-order valence-electron chi connectivity index (χ4n) is 4.31. The van der Waals surface area contributed by atoms with Crippen LogP contribution in [0.1, 0.15) is 33.7 Å². The number of benzene rings is 2. The molecule has 33 heavy (non-hydrogen) atoms. The van der Waals surface area contributed by atoms with Crippen molar-refractivity contribution in [2.75, 3.05) is 46.6 Å². The molecule has 0 spiro atoms. The molecule has 1 atom stereocenters. The van der Waals surface area contributed by atoms with Crippen molar-refractivity contribution in [3.05, 3.63) is 63.2 Å². The average molecular weight is 519 g/mol. The Labute approximate surface area is 207 Å². The van der Waals surface area contributed by atoms with E-state index in [0.717, 1.165) is 40.4 Å². The van der Waals surface area contributed by atoms with Crippen LogP contribution in [0.25, 0.3) is 0 Å². The van der Waals surface area contributed by atoms with Crippen LogP contribution in [0.15, 0.2) is 35.2 Å². The summed E-state index contributed by atoms with van der Waals surface area (Å²) in [6.07, 6.45) is 0.425. The zero-order valence-electron chi connectivity index (χ0n) is 19.1. The van der Waals surface area contributed by atoms with Gasteiger partial charge in [0, 0.05) is 30.6 Å². The van der Waals surface area contributed by atoms with Crippen LogP contribution in [0.4, 0.5) is 0 Å². The second-order valence-corrected chi connectivity index (χ2v) is 10.1. The highest BCUT2D eigenvalue weighted by atomic mass is 35.5. The van der Waals surface area contributed by atoms with E-state index >= 15 is 0 Å². The highest BCUT2D eigenvalue weighted by Gasteiger charge is 2.30. The maximum atomic E-state index is 12.4. The van der Waals surface area contributed by atoms with Gasteiger partial charge in [-0.3, -0.25) is 0 Å². The van der Waals surface area contributed by atoms with E-state index < -0.39 is 10.0 Å². The first-order valence-electron chi connectivity index (χ1n) is 10.7. The zero-order chi connectivity index (χ0) is 23.3. The van der Waals surface area contributed by atoms with E-state index in [0.29, 0.717) is 45.0 Å². The van der Waals surface area contributed by atoms with E-state index in [1.165, 1.54) is 0 Å². The van der Waals surface area contributed by atoms with Crippen LogP contribution in [-0.4, -0.2) is 59.9 Å². The molecule has 0 aliphatic carbocycles. The molecule has 0 saturated carbocycles. The molecule has 7 nitrogen and oxygen atoms in total. The van der Waals surface area contributed by atoms with Gasteiger partial charge in [0.15, 0.2) is 0 Å². The van der Waals surface area contributed by atoms with E-state index in [2.05, 4.69) is 11.0 Å². The van der Waals surface area contributed by atoms with Gasteiger partial charge in [-0.2, -0.15) is 0 Å². The highest BCUT2D eigenvalue weighted by molar-refractivity contribution is 7.89. The molecule has 184 valence electrons. The number of rotatable bonds is 10. The zero-order valence-corrected chi connectivity index (χ0v) is 21.4. The fraction of sp³-hybridized carbons (Fsp3) is 0.478. The Morgan fingerprint density at radius 1 is 1.12 bits per heavy atom. The number of halogens is 2. The number of likely N-dealkylation sites (N-methyl/N-ethyl adjacent to an activating group) is 1. The Kier molecular flexibility index (Phi) is 10.6. The van der Waals surface area contributed by atoms with Crippen LogP contribution in [0.2, 0.25) is 5.02 Å². The molecule has 0 radical (unpaired) electrons. The van der Waals surface area contributed by atoms with Gasteiger partial charge in [-0.25, -0.2) is 13.6 Å². The largest absolute Gasteiger partial charge is 0.379 e. The van der Waals surface area contributed by atoms with Gasteiger partial charge >= 0.3 is 0 Å². The molecular formula is C23H33Cl2N3O4S. The Bertz CT molecular complexity index is 1050. The first-order valence-corrected chi connectivity index (χ1v) is 12.6. The minimum atomic E-state index is -3.89. The summed E-state index contributed by atoms with van der Waals surface area (Å²) in [5, 5.41) is 6.32. The molecule has 4 N–H and O–H groups in total. The van der Waals surface area contributed by atoms with Gasteiger partial charge < -0.3 is 20.1 Å². The lowest BCUT2D eigenvalue weighted by Crippen LogP contribution is -2.32. The minimum Gasteiger partial charge on any atom is -0.379 e. The van der Waals surface area contributed by atoms with E-state index in [1.54, 1.807) is 12.1 Å². The van der Waals surface area contributed by atoms with E-state index in [9.17, 15) is 8.42 Å². The van der Waals surface area contributed by atoms with Gasteiger partial charge in [0.1, 0.15) is 0 Å². The van der Waals surface area contributed by atoms with E-state index in [1.807, 2.05) is 26.1 Å². The number of ether oxygens (including phenoxy) is 2. The molecule has 3 rings (SSSR count). The maximum Gasteiger partial charge on any atom is 0.238 e.